The van der Waals surface area contributed by atoms with Crippen LogP contribution in [-0.2, 0) is 7.05 Å². The molecule has 2 aromatic rings. The third kappa shape index (κ3) is 3.71. The van der Waals surface area contributed by atoms with E-state index >= 15 is 0 Å². The van der Waals surface area contributed by atoms with E-state index in [9.17, 15) is 4.79 Å². The highest BCUT2D eigenvalue weighted by molar-refractivity contribution is 5.94. The summed E-state index contributed by atoms with van der Waals surface area (Å²) in [5, 5.41) is 11.7. The maximum absolute atomic E-state index is 12.7. The van der Waals surface area contributed by atoms with Crippen LogP contribution >= 0.6 is 0 Å². The fraction of sp³-hybridized carbons (Fsp3) is 0.556. The predicted octanol–water partition coefficient (Wildman–Crippen LogP) is 1.85. The lowest BCUT2D eigenvalue weighted by Crippen LogP contribution is -2.49. The van der Waals surface area contributed by atoms with E-state index in [1.807, 2.05) is 24.1 Å². The average Bonchev–Trinajstić information content (AvgIpc) is 3.06. The Morgan fingerprint density at radius 1 is 1.04 bits per heavy atom. The Balaban J connectivity index is 1.60. The molecular formula is C18H26N6O. The van der Waals surface area contributed by atoms with E-state index in [0.29, 0.717) is 5.92 Å². The highest BCUT2D eigenvalue weighted by Gasteiger charge is 2.27. The van der Waals surface area contributed by atoms with Gasteiger partial charge in [-0.3, -0.25) is 9.69 Å². The van der Waals surface area contributed by atoms with Crippen LogP contribution in [0.15, 0.2) is 24.3 Å². The second-order valence-corrected chi connectivity index (χ2v) is 6.94. The molecule has 1 saturated heterocycles. The molecule has 7 nitrogen and oxygen atoms in total. The minimum Gasteiger partial charge on any atom is -0.336 e. The lowest BCUT2D eigenvalue weighted by atomic mass is 10.0. The number of hydrogen-bond acceptors (Lipinski definition) is 5. The van der Waals surface area contributed by atoms with Crippen LogP contribution in [0.3, 0.4) is 0 Å². The molecule has 0 N–H and O–H groups in total. The quantitative estimate of drug-likeness (QED) is 0.848. The van der Waals surface area contributed by atoms with Crippen LogP contribution < -0.4 is 0 Å². The lowest BCUT2D eigenvalue weighted by Gasteiger charge is -2.37. The Morgan fingerprint density at radius 3 is 2.20 bits per heavy atom. The normalized spacial score (nSPS) is 17.1. The number of carbonyl (C=O) groups excluding carboxylic acids is 1. The fourth-order valence-electron chi connectivity index (χ4n) is 3.26. The summed E-state index contributed by atoms with van der Waals surface area (Å²) in [5.41, 5.74) is 2.02. The van der Waals surface area contributed by atoms with Crippen molar-refractivity contribution in [3.05, 3.63) is 41.2 Å². The Hall–Kier alpha value is -2.28. The fourth-order valence-corrected chi connectivity index (χ4v) is 3.26. The van der Waals surface area contributed by atoms with Gasteiger partial charge >= 0.3 is 0 Å². The van der Waals surface area contributed by atoms with E-state index < -0.39 is 0 Å². The molecule has 25 heavy (non-hydrogen) atoms. The summed E-state index contributed by atoms with van der Waals surface area (Å²) in [6, 6.07) is 8.13. The van der Waals surface area contributed by atoms with Gasteiger partial charge in [0.1, 0.15) is 0 Å². The minimum absolute atomic E-state index is 0.114. The average molecular weight is 342 g/mol. The van der Waals surface area contributed by atoms with Crippen molar-refractivity contribution in [2.45, 2.75) is 32.7 Å². The van der Waals surface area contributed by atoms with Crippen molar-refractivity contribution in [1.82, 2.24) is 30.0 Å². The molecule has 1 fully saturated rings. The van der Waals surface area contributed by atoms with Gasteiger partial charge in [0.25, 0.3) is 5.91 Å². The van der Waals surface area contributed by atoms with Crippen molar-refractivity contribution in [3.63, 3.8) is 0 Å². The van der Waals surface area contributed by atoms with Gasteiger partial charge in [-0.1, -0.05) is 26.0 Å². The molecule has 1 aliphatic rings. The van der Waals surface area contributed by atoms with Crippen LogP contribution in [0.4, 0.5) is 0 Å². The maximum Gasteiger partial charge on any atom is 0.253 e. The molecule has 0 radical (unpaired) electrons. The molecule has 1 aromatic heterocycles. The third-order valence-corrected chi connectivity index (χ3v) is 5.00. The molecule has 134 valence electrons. The Labute approximate surface area is 148 Å². The van der Waals surface area contributed by atoms with E-state index in [-0.39, 0.29) is 11.9 Å². The van der Waals surface area contributed by atoms with Crippen LogP contribution in [0.2, 0.25) is 0 Å². The molecule has 3 rings (SSSR count). The van der Waals surface area contributed by atoms with Gasteiger partial charge in [0.15, 0.2) is 5.82 Å². The first-order chi connectivity index (χ1) is 12.0. The largest absolute Gasteiger partial charge is 0.336 e. The Kier molecular flexibility index (Phi) is 5.13. The molecule has 0 unspecified atom stereocenters. The number of piperazine rings is 1. The van der Waals surface area contributed by atoms with E-state index in [1.165, 1.54) is 5.56 Å². The molecular weight excluding hydrogens is 316 g/mol. The second kappa shape index (κ2) is 7.31. The van der Waals surface area contributed by atoms with Crippen molar-refractivity contribution in [2.75, 3.05) is 26.2 Å². The summed E-state index contributed by atoms with van der Waals surface area (Å²) in [5.74, 6) is 1.44. The topological polar surface area (TPSA) is 67.2 Å². The Bertz CT molecular complexity index is 715. The summed E-state index contributed by atoms with van der Waals surface area (Å²) in [6.45, 7) is 9.51. The van der Waals surface area contributed by atoms with Crippen LogP contribution in [-0.4, -0.2) is 62.1 Å². The van der Waals surface area contributed by atoms with Crippen molar-refractivity contribution in [3.8, 4) is 0 Å². The van der Waals surface area contributed by atoms with Gasteiger partial charge in [-0.2, -0.15) is 0 Å². The number of aromatic nitrogens is 4. The summed E-state index contributed by atoms with van der Waals surface area (Å²) in [6.07, 6.45) is 0. The summed E-state index contributed by atoms with van der Waals surface area (Å²) >= 11 is 0. The molecule has 1 aromatic carbocycles. The molecule has 1 aliphatic heterocycles. The monoisotopic (exact) mass is 342 g/mol. The molecule has 1 atom stereocenters. The van der Waals surface area contributed by atoms with Gasteiger partial charge in [0.2, 0.25) is 0 Å². The molecule has 0 aliphatic carbocycles. The summed E-state index contributed by atoms with van der Waals surface area (Å²) in [7, 11) is 1.85. The predicted molar refractivity (Wildman–Crippen MR) is 95.2 cm³/mol. The zero-order chi connectivity index (χ0) is 18.0. The summed E-state index contributed by atoms with van der Waals surface area (Å²) < 4.78 is 1.71. The summed E-state index contributed by atoms with van der Waals surface area (Å²) in [4.78, 5) is 17.0. The van der Waals surface area contributed by atoms with Crippen LogP contribution in [0.5, 0.6) is 0 Å². The van der Waals surface area contributed by atoms with Gasteiger partial charge < -0.3 is 4.90 Å². The number of tetrazole rings is 1. The maximum atomic E-state index is 12.7. The standard InChI is InChI=1S/C18H26N6O/c1-13(2)15-5-7-16(8-6-15)18(25)24-11-9-23(10-12-24)14(3)17-19-20-21-22(17)4/h5-8,13-14H,9-12H2,1-4H3/t14-/m0/s1. The highest BCUT2D eigenvalue weighted by Crippen LogP contribution is 2.20. The number of aryl methyl sites for hydroxylation is 1. The SMILES string of the molecule is CC(C)c1ccc(C(=O)N2CCN([C@@H](C)c3nnnn3C)CC2)cc1. The first-order valence-electron chi connectivity index (χ1n) is 8.83. The molecule has 1 amide bonds. The van der Waals surface area contributed by atoms with E-state index in [0.717, 1.165) is 37.6 Å². The Morgan fingerprint density at radius 2 is 1.68 bits per heavy atom. The molecule has 0 saturated carbocycles. The first kappa shape index (κ1) is 17.5. The lowest BCUT2D eigenvalue weighted by molar-refractivity contribution is 0.0572. The molecule has 2 heterocycles. The van der Waals surface area contributed by atoms with Crippen LogP contribution in [0, 0.1) is 0 Å². The number of carbonyl (C=O) groups is 1. The zero-order valence-electron chi connectivity index (χ0n) is 15.4. The number of hydrogen-bond donors (Lipinski definition) is 0. The van der Waals surface area contributed by atoms with E-state index in [1.54, 1.807) is 4.68 Å². The molecule has 7 heteroatoms. The van der Waals surface area contributed by atoms with Crippen molar-refractivity contribution in [2.24, 2.45) is 7.05 Å². The highest BCUT2D eigenvalue weighted by atomic mass is 16.2. The number of rotatable bonds is 4. The molecule has 0 bridgehead atoms. The van der Waals surface area contributed by atoms with Gasteiger partial charge in [0, 0.05) is 38.8 Å². The zero-order valence-corrected chi connectivity index (χ0v) is 15.4. The van der Waals surface area contributed by atoms with Crippen molar-refractivity contribution >= 4 is 5.91 Å². The molecule has 0 spiro atoms. The smallest absolute Gasteiger partial charge is 0.253 e. The first-order valence-corrected chi connectivity index (χ1v) is 8.83. The van der Waals surface area contributed by atoms with Gasteiger partial charge in [-0.15, -0.1) is 5.10 Å². The minimum atomic E-state index is 0.114. The van der Waals surface area contributed by atoms with Gasteiger partial charge in [-0.25, -0.2) is 4.68 Å². The third-order valence-electron chi connectivity index (χ3n) is 5.00. The van der Waals surface area contributed by atoms with Gasteiger partial charge in [0.05, 0.1) is 6.04 Å². The number of benzene rings is 1. The van der Waals surface area contributed by atoms with Crippen molar-refractivity contribution in [1.29, 1.82) is 0 Å². The van der Waals surface area contributed by atoms with Gasteiger partial charge in [-0.05, 0) is 41.0 Å². The van der Waals surface area contributed by atoms with Crippen LogP contribution in [0.25, 0.3) is 0 Å². The van der Waals surface area contributed by atoms with Crippen molar-refractivity contribution < 1.29 is 4.79 Å². The second-order valence-electron chi connectivity index (χ2n) is 6.94. The number of nitrogens with zero attached hydrogens (tertiary/aromatic N) is 6. The number of amides is 1. The van der Waals surface area contributed by atoms with E-state index in [4.69, 9.17) is 0 Å². The van der Waals surface area contributed by atoms with E-state index in [2.05, 4.69) is 53.3 Å². The van der Waals surface area contributed by atoms with Crippen LogP contribution in [0.1, 0.15) is 54.5 Å².